The summed E-state index contributed by atoms with van der Waals surface area (Å²) in [5.74, 6) is -1.72. The summed E-state index contributed by atoms with van der Waals surface area (Å²) in [6.07, 6.45) is 0. The van der Waals surface area contributed by atoms with Crippen molar-refractivity contribution >= 4 is 11.9 Å². The van der Waals surface area contributed by atoms with Gasteiger partial charge in [-0.2, -0.15) is 0 Å². The first kappa shape index (κ1) is 13.2. The summed E-state index contributed by atoms with van der Waals surface area (Å²) in [6, 6.07) is 5.55. The molecule has 1 rings (SSSR count). The van der Waals surface area contributed by atoms with Gasteiger partial charge in [-0.05, 0) is 25.5 Å². The number of carboxylic acids is 1. The minimum atomic E-state index is -0.911. The molecule has 0 spiro atoms. The number of benzene rings is 1. The van der Waals surface area contributed by atoms with E-state index in [1.165, 1.54) is 0 Å². The van der Waals surface area contributed by atoms with Crippen LogP contribution in [0, 0.1) is 19.8 Å². The van der Waals surface area contributed by atoms with Gasteiger partial charge in [0.25, 0.3) is 5.91 Å². The predicted molar refractivity (Wildman–Crippen MR) is 65.0 cm³/mol. The molecule has 0 unspecified atom stereocenters. The first-order valence-corrected chi connectivity index (χ1v) is 5.50. The fourth-order valence-corrected chi connectivity index (χ4v) is 1.50. The van der Waals surface area contributed by atoms with E-state index in [0.717, 1.165) is 11.1 Å². The Bertz CT molecular complexity index is 440. The second-order valence-corrected chi connectivity index (χ2v) is 4.27. The Balaban J connectivity index is 2.67. The molecule has 0 fully saturated rings. The molecule has 4 heteroatoms. The Morgan fingerprint density at radius 3 is 2.53 bits per heavy atom. The molecule has 17 heavy (non-hydrogen) atoms. The molecule has 0 radical (unpaired) electrons. The van der Waals surface area contributed by atoms with E-state index >= 15 is 0 Å². The highest BCUT2D eigenvalue weighted by Gasteiger charge is 2.14. The van der Waals surface area contributed by atoms with E-state index in [4.69, 9.17) is 5.11 Å². The average Bonchev–Trinajstić information content (AvgIpc) is 2.25. The fraction of sp³-hybridized carbons (Fsp3) is 0.385. The van der Waals surface area contributed by atoms with E-state index < -0.39 is 11.9 Å². The van der Waals surface area contributed by atoms with Crippen LogP contribution in [0.5, 0.6) is 0 Å². The number of amides is 1. The summed E-state index contributed by atoms with van der Waals surface area (Å²) in [4.78, 5) is 22.4. The number of nitrogens with one attached hydrogen (secondary N) is 1. The third-order valence-corrected chi connectivity index (χ3v) is 2.62. The quantitative estimate of drug-likeness (QED) is 0.835. The molecule has 4 nitrogen and oxygen atoms in total. The third-order valence-electron chi connectivity index (χ3n) is 2.62. The molecule has 0 saturated carbocycles. The van der Waals surface area contributed by atoms with Gasteiger partial charge >= 0.3 is 5.97 Å². The van der Waals surface area contributed by atoms with Gasteiger partial charge in [-0.3, -0.25) is 9.59 Å². The van der Waals surface area contributed by atoms with Crippen molar-refractivity contribution < 1.29 is 14.7 Å². The zero-order chi connectivity index (χ0) is 13.0. The van der Waals surface area contributed by atoms with Gasteiger partial charge in [0.05, 0.1) is 5.92 Å². The minimum absolute atomic E-state index is 0.140. The SMILES string of the molecule is Cc1ccc(C(=O)NC[C@H](C)C(=O)O)c(C)c1. The zero-order valence-electron chi connectivity index (χ0n) is 10.3. The van der Waals surface area contributed by atoms with Gasteiger partial charge in [0.1, 0.15) is 0 Å². The predicted octanol–water partition coefficient (Wildman–Crippen LogP) is 1.75. The van der Waals surface area contributed by atoms with E-state index in [1.807, 2.05) is 26.0 Å². The monoisotopic (exact) mass is 235 g/mol. The smallest absolute Gasteiger partial charge is 0.308 e. The highest BCUT2D eigenvalue weighted by atomic mass is 16.4. The number of hydrogen-bond acceptors (Lipinski definition) is 2. The molecule has 2 N–H and O–H groups in total. The second kappa shape index (κ2) is 5.48. The normalized spacial score (nSPS) is 11.9. The van der Waals surface area contributed by atoms with Crippen LogP contribution in [-0.2, 0) is 4.79 Å². The number of carboxylic acid groups (broad SMARTS) is 1. The molecule has 0 aliphatic heterocycles. The lowest BCUT2D eigenvalue weighted by atomic mass is 10.0. The van der Waals surface area contributed by atoms with Gasteiger partial charge in [-0.15, -0.1) is 0 Å². The molecule has 1 atom stereocenters. The number of hydrogen-bond donors (Lipinski definition) is 2. The van der Waals surface area contributed by atoms with E-state index in [9.17, 15) is 9.59 Å². The van der Waals surface area contributed by atoms with Crippen molar-refractivity contribution in [3.63, 3.8) is 0 Å². The van der Waals surface area contributed by atoms with E-state index in [1.54, 1.807) is 13.0 Å². The Morgan fingerprint density at radius 2 is 2.00 bits per heavy atom. The highest BCUT2D eigenvalue weighted by molar-refractivity contribution is 5.95. The summed E-state index contributed by atoms with van der Waals surface area (Å²) >= 11 is 0. The van der Waals surface area contributed by atoms with Crippen LogP contribution in [0.3, 0.4) is 0 Å². The standard InChI is InChI=1S/C13H17NO3/c1-8-4-5-11(9(2)6-8)12(15)14-7-10(3)13(16)17/h4-6,10H,7H2,1-3H3,(H,14,15)(H,16,17)/t10-/m0/s1. The minimum Gasteiger partial charge on any atom is -0.481 e. The number of carbonyl (C=O) groups is 2. The lowest BCUT2D eigenvalue weighted by Gasteiger charge is -2.10. The second-order valence-electron chi connectivity index (χ2n) is 4.27. The Hall–Kier alpha value is -1.84. The van der Waals surface area contributed by atoms with Crippen LogP contribution in [0.2, 0.25) is 0 Å². The van der Waals surface area contributed by atoms with Crippen molar-refractivity contribution in [1.82, 2.24) is 5.32 Å². The molecule has 1 aromatic rings. The molecule has 0 heterocycles. The van der Waals surface area contributed by atoms with E-state index in [-0.39, 0.29) is 12.5 Å². The average molecular weight is 235 g/mol. The van der Waals surface area contributed by atoms with Crippen LogP contribution >= 0.6 is 0 Å². The highest BCUT2D eigenvalue weighted by Crippen LogP contribution is 2.10. The lowest BCUT2D eigenvalue weighted by molar-refractivity contribution is -0.140. The maximum atomic E-state index is 11.8. The maximum Gasteiger partial charge on any atom is 0.308 e. The van der Waals surface area contributed by atoms with Gasteiger partial charge in [0, 0.05) is 12.1 Å². The van der Waals surface area contributed by atoms with Crippen LogP contribution in [0.15, 0.2) is 18.2 Å². The Kier molecular flexibility index (Phi) is 4.26. The van der Waals surface area contributed by atoms with Gasteiger partial charge < -0.3 is 10.4 Å². The summed E-state index contributed by atoms with van der Waals surface area (Å²) < 4.78 is 0. The first-order chi connectivity index (χ1) is 7.91. The molecule has 1 aromatic carbocycles. The van der Waals surface area contributed by atoms with E-state index in [0.29, 0.717) is 5.56 Å². The Labute approximate surface area is 101 Å². The van der Waals surface area contributed by atoms with Crippen molar-refractivity contribution in [1.29, 1.82) is 0 Å². The summed E-state index contributed by atoms with van der Waals surface area (Å²) in [5.41, 5.74) is 2.58. The van der Waals surface area contributed by atoms with Crippen molar-refractivity contribution in [3.8, 4) is 0 Å². The van der Waals surface area contributed by atoms with Gasteiger partial charge in [-0.1, -0.05) is 24.6 Å². The van der Waals surface area contributed by atoms with Gasteiger partial charge in [0.2, 0.25) is 0 Å². The Morgan fingerprint density at radius 1 is 1.35 bits per heavy atom. The summed E-state index contributed by atoms with van der Waals surface area (Å²) in [5, 5.41) is 11.3. The molecule has 0 saturated heterocycles. The van der Waals surface area contributed by atoms with Crippen molar-refractivity contribution in [3.05, 3.63) is 34.9 Å². The number of rotatable bonds is 4. The van der Waals surface area contributed by atoms with Crippen LogP contribution in [-0.4, -0.2) is 23.5 Å². The number of carbonyl (C=O) groups excluding carboxylic acids is 1. The molecular formula is C13H17NO3. The largest absolute Gasteiger partial charge is 0.481 e. The van der Waals surface area contributed by atoms with Crippen molar-refractivity contribution in [2.24, 2.45) is 5.92 Å². The molecule has 0 aromatic heterocycles. The first-order valence-electron chi connectivity index (χ1n) is 5.50. The topological polar surface area (TPSA) is 66.4 Å². The maximum absolute atomic E-state index is 11.8. The molecule has 0 aliphatic carbocycles. The van der Waals surface area contributed by atoms with E-state index in [2.05, 4.69) is 5.32 Å². The molecule has 1 amide bonds. The number of aryl methyl sites for hydroxylation is 2. The lowest BCUT2D eigenvalue weighted by Crippen LogP contribution is -2.31. The third kappa shape index (κ3) is 3.59. The van der Waals surface area contributed by atoms with Gasteiger partial charge in [-0.25, -0.2) is 0 Å². The zero-order valence-corrected chi connectivity index (χ0v) is 10.3. The summed E-state index contributed by atoms with van der Waals surface area (Å²) in [6.45, 7) is 5.52. The van der Waals surface area contributed by atoms with Crippen molar-refractivity contribution in [2.45, 2.75) is 20.8 Å². The van der Waals surface area contributed by atoms with Crippen molar-refractivity contribution in [2.75, 3.05) is 6.54 Å². The molecular weight excluding hydrogens is 218 g/mol. The van der Waals surface area contributed by atoms with Gasteiger partial charge in [0.15, 0.2) is 0 Å². The van der Waals surface area contributed by atoms with Crippen LogP contribution in [0.25, 0.3) is 0 Å². The van der Waals surface area contributed by atoms with Crippen LogP contribution in [0.4, 0.5) is 0 Å². The fourth-order valence-electron chi connectivity index (χ4n) is 1.50. The molecule has 0 aliphatic rings. The molecule has 92 valence electrons. The number of aliphatic carboxylic acids is 1. The van der Waals surface area contributed by atoms with Crippen LogP contribution < -0.4 is 5.32 Å². The molecule has 0 bridgehead atoms. The van der Waals surface area contributed by atoms with Crippen LogP contribution in [0.1, 0.15) is 28.4 Å². The summed E-state index contributed by atoms with van der Waals surface area (Å²) in [7, 11) is 0.